The van der Waals surface area contributed by atoms with Crippen molar-refractivity contribution in [2.45, 2.75) is 31.8 Å². The number of amides is 1. The largest absolute Gasteiger partial charge is 0.481 e. The van der Waals surface area contributed by atoms with Crippen molar-refractivity contribution < 1.29 is 19.4 Å². The second-order valence-corrected chi connectivity index (χ2v) is 6.41. The molecule has 1 N–H and O–H groups in total. The number of halogens is 1. The fraction of sp³-hybridized carbons (Fsp3) is 0.500. The van der Waals surface area contributed by atoms with E-state index in [1.165, 1.54) is 0 Å². The Morgan fingerprint density at radius 2 is 2.18 bits per heavy atom. The molecule has 1 aliphatic heterocycles. The molecule has 120 valence electrons. The molecule has 0 spiro atoms. The highest BCUT2D eigenvalue weighted by Gasteiger charge is 2.36. The van der Waals surface area contributed by atoms with Crippen LogP contribution in [0.3, 0.4) is 0 Å². The molecule has 0 aromatic heterocycles. The molecule has 1 unspecified atom stereocenters. The van der Waals surface area contributed by atoms with Crippen LogP contribution in [0.2, 0.25) is 5.02 Å². The first kappa shape index (κ1) is 16.8. The van der Waals surface area contributed by atoms with Gasteiger partial charge in [-0.2, -0.15) is 0 Å². The van der Waals surface area contributed by atoms with E-state index < -0.39 is 17.5 Å². The van der Waals surface area contributed by atoms with Crippen LogP contribution < -0.4 is 0 Å². The number of ether oxygens (including phenoxy) is 1. The molecule has 1 aliphatic rings. The van der Waals surface area contributed by atoms with Crippen molar-refractivity contribution in [1.82, 2.24) is 4.90 Å². The summed E-state index contributed by atoms with van der Waals surface area (Å²) in [4.78, 5) is 25.3. The summed E-state index contributed by atoms with van der Waals surface area (Å²) in [7, 11) is 0. The number of benzene rings is 1. The van der Waals surface area contributed by atoms with Crippen LogP contribution in [0.15, 0.2) is 24.3 Å². The standard InChI is InChI=1S/C16H20ClNO4/c1-16(2,11-4-3-5-12(17)8-11)15(21)18-6-7-22-13(10-18)9-14(19)20/h3-5,8,13H,6-7,9-10H2,1-2H3,(H,19,20). The fourth-order valence-electron chi connectivity index (χ4n) is 2.62. The summed E-state index contributed by atoms with van der Waals surface area (Å²) in [5.74, 6) is -0.971. The van der Waals surface area contributed by atoms with Gasteiger partial charge < -0.3 is 14.7 Å². The summed E-state index contributed by atoms with van der Waals surface area (Å²) in [6.07, 6.45) is -0.549. The maximum atomic E-state index is 12.8. The van der Waals surface area contributed by atoms with Gasteiger partial charge in [0.1, 0.15) is 0 Å². The lowest BCUT2D eigenvalue weighted by molar-refractivity contribution is -0.150. The minimum absolute atomic E-state index is 0.0477. The van der Waals surface area contributed by atoms with E-state index in [0.29, 0.717) is 24.7 Å². The number of carboxylic acids is 1. The molecule has 0 saturated carbocycles. The molecule has 0 aliphatic carbocycles. The number of hydrogen-bond donors (Lipinski definition) is 1. The predicted octanol–water partition coefficient (Wildman–Crippen LogP) is 2.32. The Morgan fingerprint density at radius 1 is 1.45 bits per heavy atom. The molecule has 1 saturated heterocycles. The molecule has 1 heterocycles. The van der Waals surface area contributed by atoms with Crippen molar-refractivity contribution in [3.8, 4) is 0 Å². The Morgan fingerprint density at radius 3 is 2.82 bits per heavy atom. The molecule has 6 heteroatoms. The van der Waals surface area contributed by atoms with E-state index in [1.54, 1.807) is 17.0 Å². The van der Waals surface area contributed by atoms with Crippen molar-refractivity contribution in [3.63, 3.8) is 0 Å². The van der Waals surface area contributed by atoms with Gasteiger partial charge >= 0.3 is 5.97 Å². The van der Waals surface area contributed by atoms with Gasteiger partial charge in [-0.1, -0.05) is 23.7 Å². The third kappa shape index (κ3) is 3.78. The maximum Gasteiger partial charge on any atom is 0.306 e. The zero-order valence-electron chi connectivity index (χ0n) is 12.7. The second kappa shape index (κ2) is 6.67. The highest BCUT2D eigenvalue weighted by atomic mass is 35.5. The molecule has 2 rings (SSSR count). The van der Waals surface area contributed by atoms with Gasteiger partial charge in [0.2, 0.25) is 5.91 Å². The SMILES string of the molecule is CC(C)(C(=O)N1CCOC(CC(=O)O)C1)c1cccc(Cl)c1. The molecular weight excluding hydrogens is 306 g/mol. The van der Waals surface area contributed by atoms with E-state index in [9.17, 15) is 9.59 Å². The Bertz CT molecular complexity index is 573. The third-order valence-electron chi connectivity index (χ3n) is 3.91. The Labute approximate surface area is 134 Å². The van der Waals surface area contributed by atoms with Crippen LogP contribution in [0.25, 0.3) is 0 Å². The van der Waals surface area contributed by atoms with Crippen molar-refractivity contribution in [3.05, 3.63) is 34.9 Å². The van der Waals surface area contributed by atoms with Crippen LogP contribution in [0, 0.1) is 0 Å². The minimum Gasteiger partial charge on any atom is -0.481 e. The van der Waals surface area contributed by atoms with E-state index in [4.69, 9.17) is 21.4 Å². The average molecular weight is 326 g/mol. The second-order valence-electron chi connectivity index (χ2n) is 5.98. The fourth-order valence-corrected chi connectivity index (χ4v) is 2.81. The van der Waals surface area contributed by atoms with Gasteiger partial charge in [0.25, 0.3) is 0 Å². The lowest BCUT2D eigenvalue weighted by atomic mass is 9.83. The van der Waals surface area contributed by atoms with Crippen LogP contribution in [0.5, 0.6) is 0 Å². The van der Waals surface area contributed by atoms with E-state index in [1.807, 2.05) is 26.0 Å². The van der Waals surface area contributed by atoms with Gasteiger partial charge in [-0.05, 0) is 31.5 Å². The van der Waals surface area contributed by atoms with Crippen LogP contribution >= 0.6 is 11.6 Å². The van der Waals surface area contributed by atoms with Gasteiger partial charge in [0, 0.05) is 18.1 Å². The van der Waals surface area contributed by atoms with Crippen molar-refractivity contribution in [1.29, 1.82) is 0 Å². The van der Waals surface area contributed by atoms with Crippen molar-refractivity contribution in [2.75, 3.05) is 19.7 Å². The molecule has 1 aromatic rings. The van der Waals surface area contributed by atoms with Crippen LogP contribution in [0.4, 0.5) is 0 Å². The minimum atomic E-state index is -0.923. The molecule has 1 aromatic carbocycles. The number of morpholine rings is 1. The van der Waals surface area contributed by atoms with Crippen LogP contribution in [-0.2, 0) is 19.7 Å². The average Bonchev–Trinajstić information content (AvgIpc) is 2.46. The number of carbonyl (C=O) groups excluding carboxylic acids is 1. The summed E-state index contributed by atoms with van der Waals surface area (Å²) >= 11 is 6.01. The number of carboxylic acid groups (broad SMARTS) is 1. The van der Waals surface area contributed by atoms with E-state index in [2.05, 4.69) is 0 Å². The normalized spacial score (nSPS) is 19.0. The molecule has 22 heavy (non-hydrogen) atoms. The smallest absolute Gasteiger partial charge is 0.306 e. The van der Waals surface area contributed by atoms with Crippen LogP contribution in [-0.4, -0.2) is 47.7 Å². The Balaban J connectivity index is 2.13. The Hall–Kier alpha value is -1.59. The van der Waals surface area contributed by atoms with E-state index >= 15 is 0 Å². The molecule has 5 nitrogen and oxygen atoms in total. The number of hydrogen-bond acceptors (Lipinski definition) is 3. The first-order valence-corrected chi connectivity index (χ1v) is 7.57. The number of rotatable bonds is 4. The third-order valence-corrected chi connectivity index (χ3v) is 4.14. The van der Waals surface area contributed by atoms with Gasteiger partial charge in [-0.3, -0.25) is 9.59 Å². The first-order chi connectivity index (χ1) is 10.3. The maximum absolute atomic E-state index is 12.8. The van der Waals surface area contributed by atoms with Gasteiger partial charge in [0.05, 0.1) is 24.5 Å². The Kier molecular flexibility index (Phi) is 5.08. The zero-order valence-corrected chi connectivity index (χ0v) is 13.5. The zero-order chi connectivity index (χ0) is 16.3. The summed E-state index contributed by atoms with van der Waals surface area (Å²) in [6, 6.07) is 7.25. The summed E-state index contributed by atoms with van der Waals surface area (Å²) in [5, 5.41) is 9.45. The van der Waals surface area contributed by atoms with Crippen LogP contribution in [0.1, 0.15) is 25.8 Å². The lowest BCUT2D eigenvalue weighted by Gasteiger charge is -2.37. The van der Waals surface area contributed by atoms with E-state index in [0.717, 1.165) is 5.56 Å². The van der Waals surface area contributed by atoms with Crippen molar-refractivity contribution >= 4 is 23.5 Å². The monoisotopic (exact) mass is 325 g/mol. The summed E-state index contributed by atoms with van der Waals surface area (Å²) in [5.41, 5.74) is 0.113. The number of carbonyl (C=O) groups is 2. The highest BCUT2D eigenvalue weighted by Crippen LogP contribution is 2.28. The molecular formula is C16H20ClNO4. The molecule has 0 radical (unpaired) electrons. The molecule has 1 amide bonds. The summed E-state index contributed by atoms with van der Waals surface area (Å²) in [6.45, 7) is 4.83. The van der Waals surface area contributed by atoms with Gasteiger partial charge in [-0.25, -0.2) is 0 Å². The highest BCUT2D eigenvalue weighted by molar-refractivity contribution is 6.30. The topological polar surface area (TPSA) is 66.8 Å². The predicted molar refractivity (Wildman–Crippen MR) is 83.1 cm³/mol. The summed E-state index contributed by atoms with van der Waals surface area (Å²) < 4.78 is 5.41. The van der Waals surface area contributed by atoms with Crippen molar-refractivity contribution in [2.24, 2.45) is 0 Å². The number of aliphatic carboxylic acids is 1. The van der Waals surface area contributed by atoms with E-state index in [-0.39, 0.29) is 12.3 Å². The first-order valence-electron chi connectivity index (χ1n) is 7.19. The lowest BCUT2D eigenvalue weighted by Crippen LogP contribution is -2.51. The number of nitrogens with zero attached hydrogens (tertiary/aromatic N) is 1. The van der Waals surface area contributed by atoms with Gasteiger partial charge in [-0.15, -0.1) is 0 Å². The quantitative estimate of drug-likeness (QED) is 0.922. The molecule has 1 atom stereocenters. The molecule has 0 bridgehead atoms. The molecule has 1 fully saturated rings. The van der Waals surface area contributed by atoms with Gasteiger partial charge in [0.15, 0.2) is 0 Å².